The lowest BCUT2D eigenvalue weighted by molar-refractivity contribution is -0.146. The number of benzene rings is 1. The van der Waals surface area contributed by atoms with Gasteiger partial charge in [0.1, 0.15) is 11.5 Å². The van der Waals surface area contributed by atoms with E-state index in [1.165, 1.54) is 0 Å². The molecule has 5 atom stereocenters. The zero-order valence-corrected chi connectivity index (χ0v) is 14.3. The first-order chi connectivity index (χ1) is 11.9. The van der Waals surface area contributed by atoms with Crippen molar-refractivity contribution in [3.8, 4) is 0 Å². The van der Waals surface area contributed by atoms with Crippen molar-refractivity contribution in [1.82, 2.24) is 0 Å². The molecule has 2 bridgehead atoms. The topological polar surface area (TPSA) is 66.8 Å². The molecule has 2 saturated heterocycles. The predicted molar refractivity (Wildman–Crippen MR) is 93.2 cm³/mol. The third kappa shape index (κ3) is 2.05. The molecule has 0 aromatic heterocycles. The number of anilines is 1. The Hall–Kier alpha value is -2.40. The van der Waals surface area contributed by atoms with Gasteiger partial charge in [-0.25, -0.2) is 0 Å². The Morgan fingerprint density at radius 3 is 2.76 bits per heavy atom. The average molecular weight is 339 g/mol. The number of aryl methyl sites for hydroxylation is 1. The van der Waals surface area contributed by atoms with Crippen molar-refractivity contribution < 1.29 is 19.4 Å². The van der Waals surface area contributed by atoms with E-state index >= 15 is 0 Å². The molecule has 1 N–H and O–H groups in total. The molecule has 1 spiro atoms. The highest BCUT2D eigenvalue weighted by atomic mass is 16.5. The fraction of sp³-hybridized carbons (Fsp3) is 0.400. The minimum Gasteiger partial charge on any atom is -0.481 e. The first kappa shape index (κ1) is 16.1. The number of rotatable bonds is 4. The number of hydrogen-bond donors (Lipinski definition) is 1. The number of amides is 1. The number of carboxylic acids is 1. The molecule has 5 nitrogen and oxygen atoms in total. The standard InChI is InChI=1S/C20H21NO4/c1-11(2)10-15-20-9-8-14(25-20)16(19(23)24)17(20)18(22)21(15)13-7-5-4-6-12(13)3/h4-9,14-17H,1,10H2,2-3H3,(H,23,24)/t14-,15-,16-,17+,20-/m0/s1. The molecule has 0 radical (unpaired) electrons. The van der Waals surface area contributed by atoms with E-state index in [-0.39, 0.29) is 11.9 Å². The number of carboxylic acid groups (broad SMARTS) is 1. The van der Waals surface area contributed by atoms with E-state index in [1.54, 1.807) is 11.0 Å². The molecule has 4 rings (SSSR count). The van der Waals surface area contributed by atoms with Gasteiger partial charge in [-0.05, 0) is 31.9 Å². The van der Waals surface area contributed by atoms with Crippen molar-refractivity contribution in [2.45, 2.75) is 38.0 Å². The van der Waals surface area contributed by atoms with Crippen LogP contribution in [0.3, 0.4) is 0 Å². The van der Waals surface area contributed by atoms with Gasteiger partial charge in [0.25, 0.3) is 0 Å². The molecule has 1 aromatic carbocycles. The van der Waals surface area contributed by atoms with Crippen LogP contribution in [0.15, 0.2) is 48.6 Å². The highest BCUT2D eigenvalue weighted by Crippen LogP contribution is 2.57. The van der Waals surface area contributed by atoms with Crippen molar-refractivity contribution in [2.75, 3.05) is 4.90 Å². The molecule has 3 aliphatic heterocycles. The Morgan fingerprint density at radius 2 is 2.12 bits per heavy atom. The molecule has 1 aromatic rings. The van der Waals surface area contributed by atoms with Crippen molar-refractivity contribution in [3.63, 3.8) is 0 Å². The highest BCUT2D eigenvalue weighted by molar-refractivity contribution is 6.03. The SMILES string of the molecule is C=C(C)C[C@@H]1N(c2ccccc2C)C(=O)[C@H]2[C@@H](C(=O)O)[C@@H]3C=C[C@]12O3. The van der Waals surface area contributed by atoms with Crippen LogP contribution < -0.4 is 4.90 Å². The van der Waals surface area contributed by atoms with Gasteiger partial charge in [-0.15, -0.1) is 6.58 Å². The molecule has 2 fully saturated rings. The second-order valence-electron chi connectivity index (χ2n) is 7.31. The second-order valence-corrected chi connectivity index (χ2v) is 7.31. The molecule has 0 saturated carbocycles. The van der Waals surface area contributed by atoms with Crippen LogP contribution in [0.25, 0.3) is 0 Å². The summed E-state index contributed by atoms with van der Waals surface area (Å²) in [7, 11) is 0. The molecule has 3 heterocycles. The van der Waals surface area contributed by atoms with Crippen LogP contribution in [0, 0.1) is 18.8 Å². The smallest absolute Gasteiger partial charge is 0.310 e. The fourth-order valence-corrected chi connectivity index (χ4v) is 4.63. The van der Waals surface area contributed by atoms with Crippen molar-refractivity contribution in [3.05, 3.63) is 54.1 Å². The molecule has 130 valence electrons. The monoisotopic (exact) mass is 339 g/mol. The quantitative estimate of drug-likeness (QED) is 0.857. The largest absolute Gasteiger partial charge is 0.481 e. The number of carbonyl (C=O) groups excluding carboxylic acids is 1. The Morgan fingerprint density at radius 1 is 1.40 bits per heavy atom. The summed E-state index contributed by atoms with van der Waals surface area (Å²) in [4.78, 5) is 26.9. The van der Waals surface area contributed by atoms with Crippen molar-refractivity contribution in [1.29, 1.82) is 0 Å². The van der Waals surface area contributed by atoms with Crippen LogP contribution in [0.1, 0.15) is 18.9 Å². The summed E-state index contributed by atoms with van der Waals surface area (Å²) >= 11 is 0. The summed E-state index contributed by atoms with van der Waals surface area (Å²) in [6.07, 6.45) is 3.75. The zero-order valence-electron chi connectivity index (χ0n) is 14.3. The third-order valence-electron chi connectivity index (χ3n) is 5.62. The Balaban J connectivity index is 1.87. The number of fused-ring (bicyclic) bond motifs is 1. The number of aliphatic carboxylic acids is 1. The maximum atomic E-state index is 13.4. The van der Waals surface area contributed by atoms with Crippen LogP contribution in [0.4, 0.5) is 5.69 Å². The molecule has 25 heavy (non-hydrogen) atoms. The Bertz CT molecular complexity index is 814. The minimum atomic E-state index is -0.977. The van der Waals surface area contributed by atoms with Gasteiger partial charge < -0.3 is 14.7 Å². The summed E-state index contributed by atoms with van der Waals surface area (Å²) in [5.41, 5.74) is 1.84. The van der Waals surface area contributed by atoms with Gasteiger partial charge in [0, 0.05) is 5.69 Å². The lowest BCUT2D eigenvalue weighted by Crippen LogP contribution is -2.45. The lowest BCUT2D eigenvalue weighted by Gasteiger charge is -2.34. The fourth-order valence-electron chi connectivity index (χ4n) is 4.63. The molecule has 0 unspecified atom stereocenters. The average Bonchev–Trinajstić information content (AvgIpc) is 3.18. The normalized spacial score (nSPS) is 35.3. The Labute approximate surface area is 146 Å². The molecular weight excluding hydrogens is 318 g/mol. The van der Waals surface area contributed by atoms with Crippen LogP contribution in [-0.2, 0) is 14.3 Å². The summed E-state index contributed by atoms with van der Waals surface area (Å²) in [5, 5.41) is 9.67. The molecule has 5 heteroatoms. The second kappa shape index (κ2) is 5.30. The van der Waals surface area contributed by atoms with E-state index in [1.807, 2.05) is 44.2 Å². The van der Waals surface area contributed by atoms with E-state index in [2.05, 4.69) is 6.58 Å². The molecule has 1 amide bonds. The summed E-state index contributed by atoms with van der Waals surface area (Å²) in [6.45, 7) is 7.88. The number of nitrogens with zero attached hydrogens (tertiary/aromatic N) is 1. The van der Waals surface area contributed by atoms with Gasteiger partial charge in [0.05, 0.1) is 18.1 Å². The van der Waals surface area contributed by atoms with Crippen molar-refractivity contribution >= 4 is 17.6 Å². The lowest BCUT2D eigenvalue weighted by atomic mass is 9.74. The summed E-state index contributed by atoms with van der Waals surface area (Å²) < 4.78 is 6.14. The number of ether oxygens (including phenoxy) is 1. The van der Waals surface area contributed by atoms with Crippen LogP contribution >= 0.6 is 0 Å². The third-order valence-corrected chi connectivity index (χ3v) is 5.62. The van der Waals surface area contributed by atoms with E-state index in [0.717, 1.165) is 16.8 Å². The number of hydrogen-bond acceptors (Lipinski definition) is 3. The van der Waals surface area contributed by atoms with Crippen molar-refractivity contribution in [2.24, 2.45) is 11.8 Å². The maximum Gasteiger partial charge on any atom is 0.310 e. The summed E-state index contributed by atoms with van der Waals surface area (Å²) in [6, 6.07) is 7.39. The van der Waals surface area contributed by atoms with E-state index in [9.17, 15) is 14.7 Å². The minimum absolute atomic E-state index is 0.167. The van der Waals surface area contributed by atoms with Gasteiger partial charge in [0.2, 0.25) is 5.91 Å². The molecule has 3 aliphatic rings. The number of carbonyl (C=O) groups is 2. The highest BCUT2D eigenvalue weighted by Gasteiger charge is 2.71. The predicted octanol–water partition coefficient (Wildman–Crippen LogP) is 2.70. The molecule has 0 aliphatic carbocycles. The van der Waals surface area contributed by atoms with Gasteiger partial charge in [-0.1, -0.05) is 35.9 Å². The van der Waals surface area contributed by atoms with E-state index in [0.29, 0.717) is 6.42 Å². The zero-order chi connectivity index (χ0) is 17.9. The maximum absolute atomic E-state index is 13.4. The van der Waals surface area contributed by atoms with Gasteiger partial charge in [-0.2, -0.15) is 0 Å². The van der Waals surface area contributed by atoms with Gasteiger partial charge in [-0.3, -0.25) is 9.59 Å². The van der Waals surface area contributed by atoms with Crippen LogP contribution in [0.2, 0.25) is 0 Å². The Kier molecular flexibility index (Phi) is 3.41. The molecular formula is C20H21NO4. The van der Waals surface area contributed by atoms with Gasteiger partial charge >= 0.3 is 5.97 Å². The van der Waals surface area contributed by atoms with Crippen LogP contribution in [-0.4, -0.2) is 34.7 Å². The first-order valence-corrected chi connectivity index (χ1v) is 8.50. The number of para-hydroxylation sites is 1. The van der Waals surface area contributed by atoms with E-state index < -0.39 is 29.5 Å². The first-order valence-electron chi connectivity index (χ1n) is 8.50. The summed E-state index contributed by atoms with van der Waals surface area (Å²) in [5.74, 6) is -2.67. The van der Waals surface area contributed by atoms with Gasteiger partial charge in [0.15, 0.2) is 0 Å². The van der Waals surface area contributed by atoms with E-state index in [4.69, 9.17) is 4.74 Å². The van der Waals surface area contributed by atoms with Crippen LogP contribution in [0.5, 0.6) is 0 Å².